The van der Waals surface area contributed by atoms with Crippen LogP contribution in [0.1, 0.15) is 15.8 Å². The largest absolute Gasteiger partial charge is 0.495 e. The predicted octanol–water partition coefficient (Wildman–Crippen LogP) is 5.50. The Bertz CT molecular complexity index is 527. The Kier molecular flexibility index (Phi) is 4.36. The maximum absolute atomic E-state index is 6.40. The first kappa shape index (κ1) is 13.2. The van der Waals surface area contributed by atoms with Crippen LogP contribution in [0.3, 0.4) is 0 Å². The van der Waals surface area contributed by atoms with Crippen LogP contribution in [-0.2, 0) is 0 Å². The van der Waals surface area contributed by atoms with Crippen LogP contribution in [-0.4, -0.2) is 7.11 Å². The molecule has 0 aliphatic carbocycles. The van der Waals surface area contributed by atoms with E-state index in [1.165, 1.54) is 0 Å². The van der Waals surface area contributed by atoms with Crippen molar-refractivity contribution in [2.24, 2.45) is 0 Å². The summed E-state index contributed by atoms with van der Waals surface area (Å²) in [5.41, 5.74) is 0.965. The average molecular weight is 352 g/mol. The fourth-order valence-corrected chi connectivity index (χ4v) is 3.51. The van der Waals surface area contributed by atoms with E-state index >= 15 is 0 Å². The highest BCUT2D eigenvalue weighted by Crippen LogP contribution is 2.37. The minimum atomic E-state index is -0.185. The van der Waals surface area contributed by atoms with Crippen LogP contribution in [0.5, 0.6) is 5.75 Å². The third-order valence-electron chi connectivity index (χ3n) is 2.31. The van der Waals surface area contributed by atoms with Crippen LogP contribution >= 0.6 is 50.5 Å². The van der Waals surface area contributed by atoms with E-state index in [4.69, 9.17) is 27.9 Å². The van der Waals surface area contributed by atoms with Gasteiger partial charge in [0.2, 0.25) is 0 Å². The van der Waals surface area contributed by atoms with Gasteiger partial charge in [-0.1, -0.05) is 17.7 Å². The summed E-state index contributed by atoms with van der Waals surface area (Å²) in [6, 6.07) is 9.59. The monoisotopic (exact) mass is 350 g/mol. The third-order valence-corrected chi connectivity index (χ3v) is 4.91. The first-order valence-corrected chi connectivity index (χ1v) is 7.27. The average Bonchev–Trinajstić information content (AvgIpc) is 2.75. The van der Waals surface area contributed by atoms with Gasteiger partial charge in [-0.2, -0.15) is 0 Å². The quantitative estimate of drug-likeness (QED) is 0.663. The molecule has 1 unspecified atom stereocenters. The maximum Gasteiger partial charge on any atom is 0.137 e. The van der Waals surface area contributed by atoms with Crippen LogP contribution in [0.25, 0.3) is 0 Å². The van der Waals surface area contributed by atoms with E-state index in [9.17, 15) is 0 Å². The summed E-state index contributed by atoms with van der Waals surface area (Å²) in [6.07, 6.45) is 0. The molecule has 0 N–H and O–H groups in total. The van der Waals surface area contributed by atoms with E-state index in [0.29, 0.717) is 10.8 Å². The van der Waals surface area contributed by atoms with Gasteiger partial charge in [-0.25, -0.2) is 0 Å². The van der Waals surface area contributed by atoms with Crippen LogP contribution in [0, 0.1) is 0 Å². The Morgan fingerprint density at radius 1 is 1.29 bits per heavy atom. The second-order valence-corrected chi connectivity index (χ2v) is 6.74. The standard InChI is InChI=1S/C12H9BrCl2OS/c1-16-9-3-2-7(6-8(9)14)12(15)10-4-5-11(13)17-10/h2-6,12H,1H3. The summed E-state index contributed by atoms with van der Waals surface area (Å²) in [5.74, 6) is 0.659. The maximum atomic E-state index is 6.40. The van der Waals surface area contributed by atoms with Crippen LogP contribution in [0.4, 0.5) is 0 Å². The number of benzene rings is 1. The molecule has 0 aliphatic rings. The minimum absolute atomic E-state index is 0.185. The lowest BCUT2D eigenvalue weighted by atomic mass is 10.1. The highest BCUT2D eigenvalue weighted by atomic mass is 79.9. The zero-order valence-electron chi connectivity index (χ0n) is 8.91. The van der Waals surface area contributed by atoms with Crippen molar-refractivity contribution < 1.29 is 4.74 Å². The lowest BCUT2D eigenvalue weighted by Gasteiger charge is -2.10. The summed E-state index contributed by atoms with van der Waals surface area (Å²) in [6.45, 7) is 0. The van der Waals surface area contributed by atoms with Crippen molar-refractivity contribution in [1.82, 2.24) is 0 Å². The number of alkyl halides is 1. The molecule has 0 spiro atoms. The van der Waals surface area contributed by atoms with Gasteiger partial charge in [0, 0.05) is 4.88 Å². The molecular weight excluding hydrogens is 343 g/mol. The fourth-order valence-electron chi connectivity index (χ4n) is 1.47. The summed E-state index contributed by atoms with van der Waals surface area (Å²) in [5, 5.41) is 0.390. The van der Waals surface area contributed by atoms with Crippen LogP contribution < -0.4 is 4.74 Å². The Balaban J connectivity index is 2.31. The summed E-state index contributed by atoms with van der Waals surface area (Å²) in [4.78, 5) is 1.08. The lowest BCUT2D eigenvalue weighted by molar-refractivity contribution is 0.415. The summed E-state index contributed by atoms with van der Waals surface area (Å²) < 4.78 is 6.18. The van der Waals surface area contributed by atoms with Gasteiger partial charge in [0.05, 0.1) is 21.3 Å². The van der Waals surface area contributed by atoms with Gasteiger partial charge < -0.3 is 4.74 Å². The molecular formula is C12H9BrCl2OS. The zero-order valence-corrected chi connectivity index (χ0v) is 12.8. The van der Waals surface area contributed by atoms with Gasteiger partial charge in [-0.15, -0.1) is 22.9 Å². The number of hydrogen-bond donors (Lipinski definition) is 0. The van der Waals surface area contributed by atoms with E-state index in [1.807, 2.05) is 30.3 Å². The molecule has 0 saturated heterocycles. The van der Waals surface area contributed by atoms with Crippen LogP contribution in [0.15, 0.2) is 34.1 Å². The van der Waals surface area contributed by atoms with Gasteiger partial charge in [0.15, 0.2) is 0 Å². The number of rotatable bonds is 3. The summed E-state index contributed by atoms with van der Waals surface area (Å²) in [7, 11) is 1.59. The zero-order chi connectivity index (χ0) is 12.4. The molecule has 0 amide bonds. The smallest absolute Gasteiger partial charge is 0.137 e. The molecule has 1 atom stereocenters. The van der Waals surface area contributed by atoms with Gasteiger partial charge in [0.25, 0.3) is 0 Å². The van der Waals surface area contributed by atoms with E-state index in [1.54, 1.807) is 18.4 Å². The van der Waals surface area contributed by atoms with Crippen LogP contribution in [0.2, 0.25) is 5.02 Å². The number of halogens is 3. The molecule has 2 aromatic rings. The molecule has 0 aliphatic heterocycles. The van der Waals surface area contributed by atoms with E-state index in [-0.39, 0.29) is 5.38 Å². The highest BCUT2D eigenvalue weighted by Gasteiger charge is 2.14. The molecule has 0 fully saturated rings. The molecule has 17 heavy (non-hydrogen) atoms. The molecule has 90 valence electrons. The molecule has 1 heterocycles. The molecule has 1 nitrogen and oxygen atoms in total. The molecule has 0 bridgehead atoms. The molecule has 1 aromatic heterocycles. The topological polar surface area (TPSA) is 9.23 Å². The Labute approximate surface area is 122 Å². The lowest BCUT2D eigenvalue weighted by Crippen LogP contribution is -1.91. The summed E-state index contributed by atoms with van der Waals surface area (Å²) >= 11 is 17.5. The number of ether oxygens (including phenoxy) is 1. The third kappa shape index (κ3) is 2.97. The van der Waals surface area contributed by atoms with Gasteiger partial charge in [-0.3, -0.25) is 0 Å². The van der Waals surface area contributed by atoms with Gasteiger partial charge >= 0.3 is 0 Å². The van der Waals surface area contributed by atoms with Crippen molar-refractivity contribution in [1.29, 1.82) is 0 Å². The van der Waals surface area contributed by atoms with Crippen molar-refractivity contribution in [3.8, 4) is 5.75 Å². The van der Waals surface area contributed by atoms with Crippen molar-refractivity contribution in [3.05, 3.63) is 49.6 Å². The number of methoxy groups -OCH3 is 1. The van der Waals surface area contributed by atoms with Crippen molar-refractivity contribution in [2.75, 3.05) is 7.11 Å². The van der Waals surface area contributed by atoms with E-state index in [0.717, 1.165) is 14.2 Å². The normalized spacial score (nSPS) is 12.5. The van der Waals surface area contributed by atoms with E-state index in [2.05, 4.69) is 15.9 Å². The first-order valence-electron chi connectivity index (χ1n) is 4.84. The second kappa shape index (κ2) is 5.61. The second-order valence-electron chi connectivity index (χ2n) is 3.40. The Morgan fingerprint density at radius 3 is 2.59 bits per heavy atom. The molecule has 0 radical (unpaired) electrons. The van der Waals surface area contributed by atoms with Gasteiger partial charge in [0.1, 0.15) is 5.75 Å². The van der Waals surface area contributed by atoms with Crippen molar-refractivity contribution >= 4 is 50.5 Å². The Morgan fingerprint density at radius 2 is 2.06 bits per heavy atom. The SMILES string of the molecule is COc1ccc(C(Cl)c2ccc(Br)s2)cc1Cl. The van der Waals surface area contributed by atoms with Crippen molar-refractivity contribution in [3.63, 3.8) is 0 Å². The van der Waals surface area contributed by atoms with Crippen molar-refractivity contribution in [2.45, 2.75) is 5.38 Å². The highest BCUT2D eigenvalue weighted by molar-refractivity contribution is 9.11. The number of hydrogen-bond acceptors (Lipinski definition) is 2. The molecule has 0 saturated carbocycles. The molecule has 2 rings (SSSR count). The minimum Gasteiger partial charge on any atom is -0.495 e. The predicted molar refractivity (Wildman–Crippen MR) is 77.7 cm³/mol. The van der Waals surface area contributed by atoms with Gasteiger partial charge in [-0.05, 0) is 45.8 Å². The number of thiophene rings is 1. The molecule has 1 aromatic carbocycles. The molecule has 5 heteroatoms. The van der Waals surface area contributed by atoms with E-state index < -0.39 is 0 Å². The fraction of sp³-hybridized carbons (Fsp3) is 0.167. The first-order chi connectivity index (χ1) is 8.11. The Hall–Kier alpha value is -0.220.